The van der Waals surface area contributed by atoms with Crippen molar-refractivity contribution in [1.29, 1.82) is 0 Å². The number of nitro benzene ring substituents is 1. The minimum Gasteiger partial charge on any atom is -0.407 e. The Hall–Kier alpha value is -4.05. The van der Waals surface area contributed by atoms with Crippen molar-refractivity contribution in [2.45, 2.75) is 6.54 Å². The van der Waals surface area contributed by atoms with Crippen molar-refractivity contribution in [2.24, 2.45) is 0 Å². The SMILES string of the molecule is C=CCN(C(=O)Cn1c(=O)oc2cc([N+](=O)[O-])ccc21)c1nc(-c2ccccc2)cs1. The molecule has 0 aliphatic heterocycles. The maximum atomic E-state index is 13.1. The Labute approximate surface area is 179 Å². The van der Waals surface area contributed by atoms with E-state index in [0.29, 0.717) is 10.6 Å². The molecule has 2 heterocycles. The van der Waals surface area contributed by atoms with Gasteiger partial charge in [0.25, 0.3) is 5.69 Å². The number of non-ortho nitro benzene ring substituents is 1. The summed E-state index contributed by atoms with van der Waals surface area (Å²) in [5, 5.41) is 13.3. The fourth-order valence-electron chi connectivity index (χ4n) is 3.08. The summed E-state index contributed by atoms with van der Waals surface area (Å²) in [6, 6.07) is 13.4. The zero-order valence-corrected chi connectivity index (χ0v) is 16.9. The highest BCUT2D eigenvalue weighted by Crippen LogP contribution is 2.28. The summed E-state index contributed by atoms with van der Waals surface area (Å²) in [5.41, 5.74) is 1.80. The van der Waals surface area contributed by atoms with Gasteiger partial charge in [-0.3, -0.25) is 24.4 Å². The second-order valence-corrected chi connectivity index (χ2v) is 7.37. The Morgan fingerprint density at radius 3 is 2.77 bits per heavy atom. The molecule has 10 heteroatoms. The number of benzene rings is 2. The van der Waals surface area contributed by atoms with Crippen LogP contribution in [0.15, 0.2) is 75.8 Å². The largest absolute Gasteiger partial charge is 0.420 e. The summed E-state index contributed by atoms with van der Waals surface area (Å²) in [6.45, 7) is 3.59. The molecule has 0 fully saturated rings. The highest BCUT2D eigenvalue weighted by molar-refractivity contribution is 7.14. The first-order valence-electron chi connectivity index (χ1n) is 9.18. The number of hydrogen-bond donors (Lipinski definition) is 0. The quantitative estimate of drug-likeness (QED) is 0.247. The van der Waals surface area contributed by atoms with Crippen LogP contribution in [-0.4, -0.2) is 26.9 Å². The van der Waals surface area contributed by atoms with Crippen LogP contribution in [0.4, 0.5) is 10.8 Å². The van der Waals surface area contributed by atoms with E-state index in [9.17, 15) is 19.7 Å². The molecule has 0 radical (unpaired) electrons. The second kappa shape index (κ2) is 8.36. The fourth-order valence-corrected chi connectivity index (χ4v) is 3.94. The molecule has 0 atom stereocenters. The molecule has 4 rings (SSSR count). The van der Waals surface area contributed by atoms with E-state index < -0.39 is 16.6 Å². The van der Waals surface area contributed by atoms with Crippen LogP contribution in [-0.2, 0) is 11.3 Å². The van der Waals surface area contributed by atoms with Gasteiger partial charge in [0.05, 0.1) is 22.2 Å². The second-order valence-electron chi connectivity index (χ2n) is 6.54. The lowest BCUT2D eigenvalue weighted by atomic mass is 10.2. The zero-order valence-electron chi connectivity index (χ0n) is 16.1. The zero-order chi connectivity index (χ0) is 22.0. The number of fused-ring (bicyclic) bond motifs is 1. The lowest BCUT2D eigenvalue weighted by Gasteiger charge is -2.18. The molecule has 0 bridgehead atoms. The number of nitro groups is 1. The molecule has 1 amide bonds. The van der Waals surface area contributed by atoms with Crippen LogP contribution in [0.2, 0.25) is 0 Å². The smallest absolute Gasteiger partial charge is 0.407 e. The van der Waals surface area contributed by atoms with E-state index in [1.165, 1.54) is 28.4 Å². The predicted octanol–water partition coefficient (Wildman–Crippen LogP) is 3.85. The Kier molecular flexibility index (Phi) is 5.46. The third-order valence-corrected chi connectivity index (χ3v) is 5.42. The average molecular weight is 436 g/mol. The van der Waals surface area contributed by atoms with E-state index in [0.717, 1.165) is 21.9 Å². The highest BCUT2D eigenvalue weighted by Gasteiger charge is 2.22. The van der Waals surface area contributed by atoms with Crippen molar-refractivity contribution < 1.29 is 14.1 Å². The number of oxazole rings is 1. The van der Waals surface area contributed by atoms with E-state index >= 15 is 0 Å². The van der Waals surface area contributed by atoms with Crippen LogP contribution in [0, 0.1) is 10.1 Å². The molecule has 2 aromatic carbocycles. The first-order valence-corrected chi connectivity index (χ1v) is 10.1. The van der Waals surface area contributed by atoms with Crippen LogP contribution in [0.1, 0.15) is 0 Å². The predicted molar refractivity (Wildman–Crippen MR) is 117 cm³/mol. The Bertz CT molecular complexity index is 1340. The minimum atomic E-state index is -0.772. The number of carbonyl (C=O) groups excluding carboxylic acids is 1. The molecule has 0 spiro atoms. The van der Waals surface area contributed by atoms with E-state index in [4.69, 9.17) is 4.42 Å². The van der Waals surface area contributed by atoms with Crippen molar-refractivity contribution in [2.75, 3.05) is 11.4 Å². The molecule has 4 aromatic rings. The number of hydrogen-bond acceptors (Lipinski definition) is 7. The molecule has 0 aliphatic carbocycles. The number of thiazole rings is 1. The van der Waals surface area contributed by atoms with Crippen molar-refractivity contribution >= 4 is 39.2 Å². The van der Waals surface area contributed by atoms with Gasteiger partial charge in [-0.25, -0.2) is 9.78 Å². The minimum absolute atomic E-state index is 0.0443. The number of nitrogens with zero attached hydrogens (tertiary/aromatic N) is 4. The van der Waals surface area contributed by atoms with E-state index in [1.807, 2.05) is 35.7 Å². The molecule has 0 unspecified atom stereocenters. The van der Waals surface area contributed by atoms with E-state index in [-0.39, 0.29) is 24.4 Å². The summed E-state index contributed by atoms with van der Waals surface area (Å²) >= 11 is 1.31. The average Bonchev–Trinajstić information content (AvgIpc) is 3.37. The van der Waals surface area contributed by atoms with Gasteiger partial charge in [-0.2, -0.15) is 0 Å². The van der Waals surface area contributed by atoms with Gasteiger partial charge in [-0.15, -0.1) is 17.9 Å². The van der Waals surface area contributed by atoms with Crippen molar-refractivity contribution in [3.8, 4) is 11.3 Å². The molecule has 0 aliphatic rings. The van der Waals surface area contributed by atoms with Crippen molar-refractivity contribution in [3.63, 3.8) is 0 Å². The third kappa shape index (κ3) is 4.01. The molecule has 0 saturated heterocycles. The normalized spacial score (nSPS) is 10.8. The first-order chi connectivity index (χ1) is 15.0. The third-order valence-electron chi connectivity index (χ3n) is 4.56. The summed E-state index contributed by atoms with van der Waals surface area (Å²) < 4.78 is 6.24. The summed E-state index contributed by atoms with van der Waals surface area (Å²) in [7, 11) is 0. The van der Waals surface area contributed by atoms with Gasteiger partial charge in [0, 0.05) is 23.6 Å². The molecular formula is C21H16N4O5S. The molecule has 31 heavy (non-hydrogen) atoms. The van der Waals surface area contributed by atoms with Crippen LogP contribution in [0.25, 0.3) is 22.4 Å². The highest BCUT2D eigenvalue weighted by atomic mass is 32.1. The fraction of sp³-hybridized carbons (Fsp3) is 0.0952. The van der Waals surface area contributed by atoms with Crippen LogP contribution in [0.3, 0.4) is 0 Å². The van der Waals surface area contributed by atoms with Gasteiger partial charge < -0.3 is 4.42 Å². The topological polar surface area (TPSA) is 111 Å². The van der Waals surface area contributed by atoms with Gasteiger partial charge in [-0.1, -0.05) is 36.4 Å². The molecule has 2 aromatic heterocycles. The molecule has 9 nitrogen and oxygen atoms in total. The first kappa shape index (κ1) is 20.2. The lowest BCUT2D eigenvalue weighted by molar-refractivity contribution is -0.384. The Morgan fingerprint density at radius 1 is 1.29 bits per heavy atom. The summed E-state index contributed by atoms with van der Waals surface area (Å²) in [4.78, 5) is 41.7. The van der Waals surface area contributed by atoms with Gasteiger partial charge in [0.1, 0.15) is 6.54 Å². The number of rotatable bonds is 7. The lowest BCUT2D eigenvalue weighted by Crippen LogP contribution is -2.35. The van der Waals surface area contributed by atoms with Crippen molar-refractivity contribution in [1.82, 2.24) is 9.55 Å². The molecule has 0 N–H and O–H groups in total. The number of aromatic nitrogens is 2. The van der Waals surface area contributed by atoms with Gasteiger partial charge in [0.15, 0.2) is 10.7 Å². The molecular weight excluding hydrogens is 420 g/mol. The van der Waals surface area contributed by atoms with E-state index in [1.54, 1.807) is 6.08 Å². The standard InChI is InChI=1S/C21H16N4O5S/c1-2-10-23(20-22-16(13-31-20)14-6-4-3-5-7-14)19(26)12-24-17-9-8-15(25(28)29)11-18(17)30-21(24)27/h2-9,11,13H,1,10,12H2. The molecule has 156 valence electrons. The van der Waals surface area contributed by atoms with Crippen LogP contribution >= 0.6 is 11.3 Å². The monoisotopic (exact) mass is 436 g/mol. The Morgan fingerprint density at radius 2 is 2.06 bits per heavy atom. The summed E-state index contributed by atoms with van der Waals surface area (Å²) in [6.07, 6.45) is 1.57. The van der Waals surface area contributed by atoms with E-state index in [2.05, 4.69) is 11.6 Å². The summed E-state index contributed by atoms with van der Waals surface area (Å²) in [5.74, 6) is -1.16. The number of amides is 1. The molecule has 0 saturated carbocycles. The van der Waals surface area contributed by atoms with Crippen molar-refractivity contribution in [3.05, 3.63) is 87.2 Å². The Balaban J connectivity index is 1.64. The maximum absolute atomic E-state index is 13.1. The van der Waals surface area contributed by atoms with Crippen LogP contribution in [0.5, 0.6) is 0 Å². The number of carbonyl (C=O) groups is 1. The van der Waals surface area contributed by atoms with Gasteiger partial charge >= 0.3 is 5.76 Å². The van der Waals surface area contributed by atoms with Crippen LogP contribution < -0.4 is 10.7 Å². The maximum Gasteiger partial charge on any atom is 0.420 e. The number of anilines is 1. The van der Waals surface area contributed by atoms with Gasteiger partial charge in [0.2, 0.25) is 5.91 Å². The van der Waals surface area contributed by atoms with Gasteiger partial charge in [-0.05, 0) is 6.07 Å².